The Bertz CT molecular complexity index is 754. The van der Waals surface area contributed by atoms with E-state index in [0.29, 0.717) is 11.3 Å². The Labute approximate surface area is 108 Å². The smallest absolute Gasteiger partial charge is 0.335 e. The molecule has 0 fully saturated rings. The van der Waals surface area contributed by atoms with E-state index in [1.807, 2.05) is 6.07 Å². The zero-order chi connectivity index (χ0) is 13.2. The minimum absolute atomic E-state index is 0.246. The maximum absolute atomic E-state index is 10.8. The van der Waals surface area contributed by atoms with E-state index >= 15 is 0 Å². The highest BCUT2D eigenvalue weighted by atomic mass is 16.4. The van der Waals surface area contributed by atoms with Gasteiger partial charge in [-0.05, 0) is 24.3 Å². The summed E-state index contributed by atoms with van der Waals surface area (Å²) in [4.78, 5) is 23.6. The first-order chi connectivity index (χ1) is 9.24. The molecular weight excluding hydrogens is 242 g/mol. The Balaban J connectivity index is 2.06. The van der Waals surface area contributed by atoms with E-state index in [1.165, 1.54) is 0 Å². The molecule has 92 valence electrons. The van der Waals surface area contributed by atoms with E-state index in [1.54, 1.807) is 42.7 Å². The first kappa shape index (κ1) is 11.3. The van der Waals surface area contributed by atoms with Gasteiger partial charge in [0.2, 0.25) is 0 Å². The summed E-state index contributed by atoms with van der Waals surface area (Å²) in [6, 6.07) is 10.2. The third kappa shape index (κ3) is 2.13. The number of carboxylic acids is 1. The van der Waals surface area contributed by atoms with Crippen LogP contribution in [0.4, 0.5) is 0 Å². The number of pyridine rings is 1. The minimum atomic E-state index is -0.946. The Morgan fingerprint density at radius 1 is 1.05 bits per heavy atom. The highest BCUT2D eigenvalue weighted by Gasteiger charge is 2.05. The number of carbonyl (C=O) groups is 1. The van der Waals surface area contributed by atoms with E-state index in [2.05, 4.69) is 15.0 Å². The van der Waals surface area contributed by atoms with Crippen LogP contribution in [0.5, 0.6) is 0 Å². The fourth-order valence-electron chi connectivity index (χ4n) is 1.77. The van der Waals surface area contributed by atoms with Gasteiger partial charge in [0.15, 0.2) is 5.65 Å². The lowest BCUT2D eigenvalue weighted by Crippen LogP contribution is -1.96. The second-order valence-corrected chi connectivity index (χ2v) is 3.98. The molecule has 2 heterocycles. The normalized spacial score (nSPS) is 10.5. The quantitative estimate of drug-likeness (QED) is 0.756. The number of hydrogen-bond donors (Lipinski definition) is 1. The van der Waals surface area contributed by atoms with E-state index in [0.717, 1.165) is 11.1 Å². The molecule has 3 rings (SSSR count). The van der Waals surface area contributed by atoms with Crippen molar-refractivity contribution in [3.63, 3.8) is 0 Å². The molecule has 0 unspecified atom stereocenters. The summed E-state index contributed by atoms with van der Waals surface area (Å²) in [5, 5.41) is 8.85. The molecule has 3 aromatic rings. The topological polar surface area (TPSA) is 76.0 Å². The highest BCUT2D eigenvalue weighted by molar-refractivity contribution is 5.88. The van der Waals surface area contributed by atoms with Crippen LogP contribution in [0.2, 0.25) is 0 Å². The number of fused-ring (bicyclic) bond motifs is 1. The maximum Gasteiger partial charge on any atom is 0.335 e. The lowest BCUT2D eigenvalue weighted by molar-refractivity contribution is 0.0697. The van der Waals surface area contributed by atoms with Crippen LogP contribution in [0.3, 0.4) is 0 Å². The van der Waals surface area contributed by atoms with Gasteiger partial charge >= 0.3 is 5.97 Å². The number of hydrogen-bond acceptors (Lipinski definition) is 4. The van der Waals surface area contributed by atoms with Crippen molar-refractivity contribution in [1.29, 1.82) is 0 Å². The molecule has 2 aromatic heterocycles. The predicted octanol–water partition coefficient (Wildman–Crippen LogP) is 2.39. The van der Waals surface area contributed by atoms with Gasteiger partial charge in [0.25, 0.3) is 0 Å². The molecule has 0 amide bonds. The number of nitrogens with zero attached hydrogens (tertiary/aromatic N) is 3. The molecular formula is C14H9N3O2. The molecule has 5 nitrogen and oxygen atoms in total. The molecule has 0 aliphatic rings. The molecule has 0 bridgehead atoms. The van der Waals surface area contributed by atoms with Gasteiger partial charge in [-0.1, -0.05) is 12.1 Å². The van der Waals surface area contributed by atoms with Gasteiger partial charge in [-0.2, -0.15) is 0 Å². The van der Waals surface area contributed by atoms with Gasteiger partial charge in [0, 0.05) is 11.8 Å². The molecule has 0 saturated heterocycles. The van der Waals surface area contributed by atoms with Crippen molar-refractivity contribution in [2.45, 2.75) is 0 Å². The number of rotatable bonds is 2. The summed E-state index contributed by atoms with van der Waals surface area (Å²) >= 11 is 0. The number of carboxylic acid groups (broad SMARTS) is 1. The standard InChI is InChI=1S/C14H9N3O2/c18-14(19)10-5-3-9(4-6-10)12-8-16-11-2-1-7-15-13(11)17-12/h1-8H,(H,18,19). The van der Waals surface area contributed by atoms with Crippen molar-refractivity contribution in [3.8, 4) is 11.3 Å². The summed E-state index contributed by atoms with van der Waals surface area (Å²) in [7, 11) is 0. The summed E-state index contributed by atoms with van der Waals surface area (Å²) in [6.07, 6.45) is 3.31. The van der Waals surface area contributed by atoms with Crippen LogP contribution in [0.25, 0.3) is 22.4 Å². The van der Waals surface area contributed by atoms with Crippen LogP contribution in [0, 0.1) is 0 Å². The predicted molar refractivity (Wildman–Crippen MR) is 69.7 cm³/mol. The van der Waals surface area contributed by atoms with Crippen LogP contribution < -0.4 is 0 Å². The Morgan fingerprint density at radius 3 is 2.58 bits per heavy atom. The van der Waals surface area contributed by atoms with Gasteiger partial charge < -0.3 is 5.11 Å². The Hall–Kier alpha value is -2.82. The summed E-state index contributed by atoms with van der Waals surface area (Å²) in [6.45, 7) is 0. The zero-order valence-corrected chi connectivity index (χ0v) is 9.82. The van der Waals surface area contributed by atoms with Crippen molar-refractivity contribution >= 4 is 17.1 Å². The minimum Gasteiger partial charge on any atom is -0.478 e. The molecule has 0 radical (unpaired) electrons. The van der Waals surface area contributed by atoms with E-state index in [4.69, 9.17) is 5.11 Å². The number of benzene rings is 1. The van der Waals surface area contributed by atoms with Crippen LogP contribution in [0.15, 0.2) is 48.8 Å². The van der Waals surface area contributed by atoms with Crippen molar-refractivity contribution in [3.05, 3.63) is 54.4 Å². The fraction of sp³-hybridized carbons (Fsp3) is 0. The molecule has 5 heteroatoms. The van der Waals surface area contributed by atoms with Gasteiger partial charge in [-0.25, -0.2) is 14.8 Å². The lowest BCUT2D eigenvalue weighted by atomic mass is 10.1. The SMILES string of the molecule is O=C(O)c1ccc(-c2cnc3cccnc3n2)cc1. The van der Waals surface area contributed by atoms with E-state index in [9.17, 15) is 4.79 Å². The van der Waals surface area contributed by atoms with Crippen LogP contribution in [-0.2, 0) is 0 Å². The number of aromatic nitrogens is 3. The van der Waals surface area contributed by atoms with E-state index < -0.39 is 5.97 Å². The molecule has 1 aromatic carbocycles. The summed E-state index contributed by atoms with van der Waals surface area (Å²) in [5.41, 5.74) is 3.03. The third-order valence-electron chi connectivity index (χ3n) is 2.75. The van der Waals surface area contributed by atoms with Crippen molar-refractivity contribution in [1.82, 2.24) is 15.0 Å². The van der Waals surface area contributed by atoms with Gasteiger partial charge in [-0.3, -0.25) is 4.98 Å². The fourth-order valence-corrected chi connectivity index (χ4v) is 1.77. The monoisotopic (exact) mass is 251 g/mol. The van der Waals surface area contributed by atoms with Crippen molar-refractivity contribution in [2.75, 3.05) is 0 Å². The highest BCUT2D eigenvalue weighted by Crippen LogP contribution is 2.18. The molecule has 0 spiro atoms. The van der Waals surface area contributed by atoms with Crippen LogP contribution in [-0.4, -0.2) is 26.0 Å². The average Bonchev–Trinajstić information content (AvgIpc) is 2.47. The van der Waals surface area contributed by atoms with Crippen LogP contribution in [0.1, 0.15) is 10.4 Å². The largest absolute Gasteiger partial charge is 0.478 e. The molecule has 1 N–H and O–H groups in total. The first-order valence-electron chi connectivity index (χ1n) is 5.65. The zero-order valence-electron chi connectivity index (χ0n) is 9.82. The van der Waals surface area contributed by atoms with Gasteiger partial charge in [0.1, 0.15) is 5.52 Å². The Kier molecular flexibility index (Phi) is 2.64. The van der Waals surface area contributed by atoms with Crippen LogP contribution >= 0.6 is 0 Å². The van der Waals surface area contributed by atoms with Crippen molar-refractivity contribution in [2.24, 2.45) is 0 Å². The molecule has 0 aliphatic carbocycles. The lowest BCUT2D eigenvalue weighted by Gasteiger charge is -2.02. The first-order valence-corrected chi connectivity index (χ1v) is 5.65. The summed E-state index contributed by atoms with van der Waals surface area (Å²) < 4.78 is 0. The number of aromatic carboxylic acids is 1. The second-order valence-electron chi connectivity index (χ2n) is 3.98. The third-order valence-corrected chi connectivity index (χ3v) is 2.75. The molecule has 19 heavy (non-hydrogen) atoms. The summed E-state index contributed by atoms with van der Waals surface area (Å²) in [5.74, 6) is -0.946. The van der Waals surface area contributed by atoms with E-state index in [-0.39, 0.29) is 5.56 Å². The van der Waals surface area contributed by atoms with Crippen molar-refractivity contribution < 1.29 is 9.90 Å². The Morgan fingerprint density at radius 2 is 1.84 bits per heavy atom. The van der Waals surface area contributed by atoms with Gasteiger partial charge in [-0.15, -0.1) is 0 Å². The average molecular weight is 251 g/mol. The maximum atomic E-state index is 10.8. The second kappa shape index (κ2) is 4.45. The molecule has 0 aliphatic heterocycles. The van der Waals surface area contributed by atoms with Gasteiger partial charge in [0.05, 0.1) is 17.5 Å². The molecule has 0 atom stereocenters. The molecule has 0 saturated carbocycles.